The number of amides is 1. The molecular weight excluding hydrogens is 297 g/mol. The Morgan fingerprint density at radius 2 is 1.67 bits per heavy atom. The van der Waals surface area contributed by atoms with E-state index < -0.39 is 15.7 Å². The fourth-order valence-electron chi connectivity index (χ4n) is 1.55. The van der Waals surface area contributed by atoms with Gasteiger partial charge in [-0.1, -0.05) is 19.1 Å². The van der Waals surface area contributed by atoms with E-state index in [-0.39, 0.29) is 35.6 Å². The van der Waals surface area contributed by atoms with E-state index in [4.69, 9.17) is 5.73 Å². The van der Waals surface area contributed by atoms with Crippen molar-refractivity contribution in [1.29, 1.82) is 0 Å². The third-order valence-corrected chi connectivity index (χ3v) is 3.59. The number of sulfone groups is 1. The highest BCUT2D eigenvalue weighted by Gasteiger charge is 2.16. The Morgan fingerprint density at radius 1 is 1.22 bits per heavy atom. The lowest BCUT2D eigenvalue weighted by Crippen LogP contribution is -2.20. The zero-order chi connectivity index (χ0) is 12.3. The van der Waals surface area contributed by atoms with Crippen LogP contribution in [0.25, 0.3) is 0 Å². The Balaban J connectivity index is 0. The molecule has 0 fully saturated rings. The summed E-state index contributed by atoms with van der Waals surface area (Å²) >= 11 is 0. The van der Waals surface area contributed by atoms with Crippen molar-refractivity contribution in [3.63, 3.8) is 0 Å². The maximum absolute atomic E-state index is 11.2. The molecule has 1 atom stereocenters. The van der Waals surface area contributed by atoms with Crippen LogP contribution in [0.2, 0.25) is 0 Å². The lowest BCUT2D eigenvalue weighted by atomic mass is 9.96. The molecule has 0 aliphatic heterocycles. The summed E-state index contributed by atoms with van der Waals surface area (Å²) in [6.45, 7) is 1.86. The van der Waals surface area contributed by atoms with Crippen molar-refractivity contribution in [1.82, 2.24) is 0 Å². The van der Waals surface area contributed by atoms with Gasteiger partial charge in [-0.05, 0) is 24.1 Å². The standard InChI is InChI=1S/C11H15NO3S.2ClH/c1-3-10(11(12)13)8-4-6-9(7-5-8)16(2,14)15;;/h4-7,10H,3H2,1-2H3,(H2,12,13);2*1H. The first-order valence-electron chi connectivity index (χ1n) is 4.95. The van der Waals surface area contributed by atoms with Crippen molar-refractivity contribution in [2.75, 3.05) is 6.26 Å². The first-order chi connectivity index (χ1) is 7.36. The van der Waals surface area contributed by atoms with Crippen molar-refractivity contribution in [3.8, 4) is 0 Å². The van der Waals surface area contributed by atoms with Crippen molar-refractivity contribution >= 4 is 40.6 Å². The average Bonchev–Trinajstić information content (AvgIpc) is 2.17. The van der Waals surface area contributed by atoms with Gasteiger partial charge in [-0.15, -0.1) is 24.8 Å². The Labute approximate surface area is 120 Å². The Hall–Kier alpha value is -0.780. The van der Waals surface area contributed by atoms with E-state index >= 15 is 0 Å². The Kier molecular flexibility index (Phi) is 8.27. The largest absolute Gasteiger partial charge is 0.369 e. The smallest absolute Gasteiger partial charge is 0.224 e. The number of rotatable bonds is 4. The predicted octanol–water partition coefficient (Wildman–Crippen LogP) is 1.91. The van der Waals surface area contributed by atoms with Crippen LogP contribution in [0.15, 0.2) is 29.2 Å². The summed E-state index contributed by atoms with van der Waals surface area (Å²) in [5, 5.41) is 0. The van der Waals surface area contributed by atoms with Gasteiger partial charge in [-0.3, -0.25) is 4.79 Å². The lowest BCUT2D eigenvalue weighted by Gasteiger charge is -2.11. The fraction of sp³-hybridized carbons (Fsp3) is 0.364. The summed E-state index contributed by atoms with van der Waals surface area (Å²) in [4.78, 5) is 11.4. The molecule has 0 aliphatic rings. The van der Waals surface area contributed by atoms with Gasteiger partial charge >= 0.3 is 0 Å². The minimum Gasteiger partial charge on any atom is -0.369 e. The van der Waals surface area contributed by atoms with Crippen LogP contribution in [0.1, 0.15) is 24.8 Å². The minimum atomic E-state index is -3.19. The third kappa shape index (κ3) is 4.84. The van der Waals surface area contributed by atoms with Crippen LogP contribution in [0.5, 0.6) is 0 Å². The summed E-state index contributed by atoms with van der Waals surface area (Å²) in [5.74, 6) is -0.747. The first-order valence-corrected chi connectivity index (χ1v) is 6.84. The molecule has 0 aromatic heterocycles. The topological polar surface area (TPSA) is 77.2 Å². The van der Waals surface area contributed by atoms with Gasteiger partial charge in [0.05, 0.1) is 10.8 Å². The molecule has 4 nitrogen and oxygen atoms in total. The molecule has 18 heavy (non-hydrogen) atoms. The molecular formula is C11H17Cl2NO3S. The third-order valence-electron chi connectivity index (χ3n) is 2.46. The molecule has 1 rings (SSSR count). The van der Waals surface area contributed by atoms with E-state index in [1.165, 1.54) is 12.1 Å². The summed E-state index contributed by atoms with van der Waals surface area (Å²) in [6, 6.07) is 6.26. The van der Waals surface area contributed by atoms with Crippen LogP contribution in [0.3, 0.4) is 0 Å². The molecule has 0 saturated carbocycles. The monoisotopic (exact) mass is 313 g/mol. The molecule has 0 saturated heterocycles. The number of benzene rings is 1. The quantitative estimate of drug-likeness (QED) is 0.922. The van der Waals surface area contributed by atoms with Gasteiger partial charge < -0.3 is 5.73 Å². The minimum absolute atomic E-state index is 0. The average molecular weight is 314 g/mol. The Bertz CT molecular complexity index is 486. The zero-order valence-corrected chi connectivity index (χ0v) is 12.6. The van der Waals surface area contributed by atoms with Crippen molar-refractivity contribution in [2.24, 2.45) is 5.73 Å². The molecule has 7 heteroatoms. The van der Waals surface area contributed by atoms with Crippen LogP contribution >= 0.6 is 24.8 Å². The normalized spacial score (nSPS) is 11.9. The summed E-state index contributed by atoms with van der Waals surface area (Å²) in [5.41, 5.74) is 6.00. The van der Waals surface area contributed by atoms with Crippen LogP contribution in [-0.4, -0.2) is 20.6 Å². The van der Waals surface area contributed by atoms with E-state index in [1.54, 1.807) is 12.1 Å². The number of hydrogen-bond acceptors (Lipinski definition) is 3. The molecule has 1 amide bonds. The molecule has 0 bridgehead atoms. The molecule has 1 aromatic rings. The highest BCUT2D eigenvalue weighted by molar-refractivity contribution is 7.90. The highest BCUT2D eigenvalue weighted by atomic mass is 35.5. The molecule has 0 spiro atoms. The zero-order valence-electron chi connectivity index (χ0n) is 10.1. The number of primary amides is 1. The van der Waals surface area contributed by atoms with Gasteiger partial charge in [0.2, 0.25) is 5.91 Å². The number of nitrogens with two attached hydrogens (primary N) is 1. The summed E-state index contributed by atoms with van der Waals surface area (Å²) in [7, 11) is -3.19. The molecule has 1 aromatic carbocycles. The number of carbonyl (C=O) groups excluding carboxylic acids is 1. The molecule has 0 radical (unpaired) electrons. The molecule has 0 heterocycles. The molecule has 2 N–H and O–H groups in total. The fourth-order valence-corrected chi connectivity index (χ4v) is 2.18. The predicted molar refractivity (Wildman–Crippen MR) is 76.3 cm³/mol. The Morgan fingerprint density at radius 3 is 1.94 bits per heavy atom. The number of hydrogen-bond donors (Lipinski definition) is 1. The van der Waals surface area contributed by atoms with Crippen molar-refractivity contribution in [2.45, 2.75) is 24.2 Å². The van der Waals surface area contributed by atoms with E-state index in [2.05, 4.69) is 0 Å². The van der Waals surface area contributed by atoms with E-state index in [0.29, 0.717) is 6.42 Å². The lowest BCUT2D eigenvalue weighted by molar-refractivity contribution is -0.119. The second kappa shape index (κ2) is 7.61. The first kappa shape index (κ1) is 19.6. The summed E-state index contributed by atoms with van der Waals surface area (Å²) in [6.07, 6.45) is 1.75. The van der Waals surface area contributed by atoms with Crippen LogP contribution in [0.4, 0.5) is 0 Å². The van der Waals surface area contributed by atoms with Gasteiger partial charge in [0.15, 0.2) is 9.84 Å². The maximum atomic E-state index is 11.2. The number of carbonyl (C=O) groups is 1. The number of halogens is 2. The molecule has 0 aliphatic carbocycles. The molecule has 1 unspecified atom stereocenters. The molecule has 104 valence electrons. The second-order valence-electron chi connectivity index (χ2n) is 3.70. The van der Waals surface area contributed by atoms with Crippen LogP contribution in [0, 0.1) is 0 Å². The van der Waals surface area contributed by atoms with Gasteiger partial charge in [-0.2, -0.15) is 0 Å². The maximum Gasteiger partial charge on any atom is 0.224 e. The van der Waals surface area contributed by atoms with E-state index in [1.807, 2.05) is 6.92 Å². The van der Waals surface area contributed by atoms with Crippen LogP contribution in [-0.2, 0) is 14.6 Å². The summed E-state index contributed by atoms with van der Waals surface area (Å²) < 4.78 is 22.5. The van der Waals surface area contributed by atoms with Gasteiger partial charge in [0.25, 0.3) is 0 Å². The van der Waals surface area contributed by atoms with Gasteiger partial charge in [-0.25, -0.2) is 8.42 Å². The van der Waals surface area contributed by atoms with Crippen molar-refractivity contribution < 1.29 is 13.2 Å². The van der Waals surface area contributed by atoms with E-state index in [9.17, 15) is 13.2 Å². The van der Waals surface area contributed by atoms with Gasteiger partial charge in [0, 0.05) is 6.26 Å². The van der Waals surface area contributed by atoms with Crippen molar-refractivity contribution in [3.05, 3.63) is 29.8 Å². The highest BCUT2D eigenvalue weighted by Crippen LogP contribution is 2.20. The SMILES string of the molecule is CCC(C(N)=O)c1ccc(S(C)(=O)=O)cc1.Cl.Cl. The second-order valence-corrected chi connectivity index (χ2v) is 5.72. The van der Waals surface area contributed by atoms with E-state index in [0.717, 1.165) is 11.8 Å². The van der Waals surface area contributed by atoms with Gasteiger partial charge in [0.1, 0.15) is 0 Å². The van der Waals surface area contributed by atoms with Crippen LogP contribution < -0.4 is 5.73 Å².